The van der Waals surface area contributed by atoms with E-state index in [1.54, 1.807) is 7.11 Å². The number of nitrogens with one attached hydrogen (secondary N) is 2. The van der Waals surface area contributed by atoms with Gasteiger partial charge in [0.15, 0.2) is 0 Å². The molecule has 2 aliphatic heterocycles. The smallest absolute Gasteiger partial charge is 0.143 e. The number of benzene rings is 1. The normalized spacial score (nSPS) is 24.5. The second-order valence-electron chi connectivity index (χ2n) is 7.56. The molecule has 1 aliphatic carbocycles. The molecule has 6 heteroatoms. The molecule has 6 nitrogen and oxygen atoms in total. The Balaban J connectivity index is 1.57. The fraction of sp³-hybridized carbons (Fsp3) is 0.500. The summed E-state index contributed by atoms with van der Waals surface area (Å²) in [7, 11) is 3.62. The highest BCUT2D eigenvalue weighted by atomic mass is 16.5. The van der Waals surface area contributed by atoms with Gasteiger partial charge in [0, 0.05) is 18.9 Å². The molecule has 0 bridgehead atoms. The second kappa shape index (κ2) is 5.84. The molecule has 2 N–H and O–H groups in total. The lowest BCUT2D eigenvalue weighted by Gasteiger charge is -2.38. The van der Waals surface area contributed by atoms with Crippen LogP contribution < -0.4 is 15.4 Å². The lowest BCUT2D eigenvalue weighted by Crippen LogP contribution is -2.41. The zero-order chi connectivity index (χ0) is 17.7. The van der Waals surface area contributed by atoms with Gasteiger partial charge in [-0.2, -0.15) is 0 Å². The van der Waals surface area contributed by atoms with Crippen molar-refractivity contribution >= 4 is 11.5 Å². The van der Waals surface area contributed by atoms with Crippen molar-refractivity contribution in [2.45, 2.75) is 43.6 Å². The van der Waals surface area contributed by atoms with Gasteiger partial charge >= 0.3 is 0 Å². The number of imidazole rings is 1. The van der Waals surface area contributed by atoms with Crippen LogP contribution in [0.1, 0.15) is 49.4 Å². The Morgan fingerprint density at radius 3 is 2.85 bits per heavy atom. The van der Waals surface area contributed by atoms with Crippen LogP contribution in [0.4, 0.5) is 5.69 Å². The van der Waals surface area contributed by atoms with Crippen LogP contribution >= 0.6 is 0 Å². The van der Waals surface area contributed by atoms with E-state index in [0.29, 0.717) is 6.04 Å². The van der Waals surface area contributed by atoms with E-state index in [-0.39, 0.29) is 5.41 Å². The molecule has 5 rings (SSSR count). The minimum absolute atomic E-state index is 0.0732. The van der Waals surface area contributed by atoms with Gasteiger partial charge in [0.1, 0.15) is 11.6 Å². The maximum atomic E-state index is 5.76. The number of hydrogen-bond donors (Lipinski definition) is 2. The van der Waals surface area contributed by atoms with E-state index >= 15 is 0 Å². The molecule has 0 amide bonds. The van der Waals surface area contributed by atoms with Gasteiger partial charge in [-0.25, -0.2) is 4.98 Å². The monoisotopic (exact) mass is 351 g/mol. The molecule has 26 heavy (non-hydrogen) atoms. The van der Waals surface area contributed by atoms with Gasteiger partial charge in [0.25, 0.3) is 0 Å². The fourth-order valence-corrected chi connectivity index (χ4v) is 4.70. The van der Waals surface area contributed by atoms with E-state index in [4.69, 9.17) is 4.74 Å². The number of ether oxygens (including phenoxy) is 1. The fourth-order valence-electron chi connectivity index (χ4n) is 4.70. The number of hydrogen-bond acceptors (Lipinski definition) is 4. The van der Waals surface area contributed by atoms with Crippen LogP contribution in [0.3, 0.4) is 0 Å². The third-order valence-electron chi connectivity index (χ3n) is 6.27. The van der Waals surface area contributed by atoms with E-state index in [0.717, 1.165) is 54.5 Å². The third-order valence-corrected chi connectivity index (χ3v) is 6.27. The molecule has 1 aromatic carbocycles. The lowest BCUT2D eigenvalue weighted by molar-refractivity contribution is 0.344. The number of amidine groups is 1. The molecule has 0 unspecified atom stereocenters. The maximum Gasteiger partial charge on any atom is 0.143 e. The Hall–Kier alpha value is -2.34. The van der Waals surface area contributed by atoms with E-state index in [9.17, 15) is 0 Å². The summed E-state index contributed by atoms with van der Waals surface area (Å²) in [6.45, 7) is 1.07. The van der Waals surface area contributed by atoms with Crippen LogP contribution in [0.15, 0.2) is 29.6 Å². The number of aromatic nitrogens is 2. The van der Waals surface area contributed by atoms with Crippen LogP contribution in [0.25, 0.3) is 5.69 Å². The molecule has 1 spiro atoms. The zero-order valence-corrected chi connectivity index (χ0v) is 15.4. The zero-order valence-electron chi connectivity index (χ0n) is 15.4. The summed E-state index contributed by atoms with van der Waals surface area (Å²) in [6.07, 6.45) is 9.95. The predicted octanol–water partition coefficient (Wildman–Crippen LogP) is 3.18. The highest BCUT2D eigenvalue weighted by Gasteiger charge is 2.49. The summed E-state index contributed by atoms with van der Waals surface area (Å²) in [6, 6.07) is 4.74. The standard InChI is InChI=1S/C20H25N5O/c1-21-19-20(6-4-7-20)13-9-18(26-2)17(10-15(13)24-19)25-11-16(23-12-25)14-5-3-8-22-14/h9-12,14,22H,3-8H2,1-2H3,(H,21,24)/t14-/m1/s1. The van der Waals surface area contributed by atoms with Crippen LogP contribution in [-0.2, 0) is 5.41 Å². The molecule has 0 radical (unpaired) electrons. The number of nitrogens with zero attached hydrogens (tertiary/aromatic N) is 3. The van der Waals surface area contributed by atoms with Gasteiger partial charge in [-0.15, -0.1) is 0 Å². The summed E-state index contributed by atoms with van der Waals surface area (Å²) >= 11 is 0. The number of anilines is 1. The highest BCUT2D eigenvalue weighted by Crippen LogP contribution is 2.53. The molecule has 1 saturated carbocycles. The second-order valence-corrected chi connectivity index (χ2v) is 7.56. The minimum atomic E-state index is 0.0732. The first-order valence-electron chi connectivity index (χ1n) is 9.49. The molecule has 3 aliphatic rings. The van der Waals surface area contributed by atoms with Gasteiger partial charge in [-0.3, -0.25) is 4.99 Å². The number of rotatable bonds is 3. The third kappa shape index (κ3) is 2.14. The van der Waals surface area contributed by atoms with Gasteiger partial charge in [-0.05, 0) is 49.9 Å². The minimum Gasteiger partial charge on any atom is -0.495 e. The van der Waals surface area contributed by atoms with Crippen molar-refractivity contribution in [3.05, 3.63) is 35.9 Å². The topological polar surface area (TPSA) is 63.5 Å². The van der Waals surface area contributed by atoms with Crippen molar-refractivity contribution in [2.24, 2.45) is 4.99 Å². The molecule has 1 saturated heterocycles. The molecule has 2 fully saturated rings. The van der Waals surface area contributed by atoms with Crippen molar-refractivity contribution in [3.8, 4) is 11.4 Å². The Bertz CT molecular complexity index is 874. The van der Waals surface area contributed by atoms with Gasteiger partial charge in [0.05, 0.1) is 36.3 Å². The first-order valence-corrected chi connectivity index (χ1v) is 9.49. The van der Waals surface area contributed by atoms with Gasteiger partial charge in [0.2, 0.25) is 0 Å². The molecule has 136 valence electrons. The summed E-state index contributed by atoms with van der Waals surface area (Å²) in [4.78, 5) is 9.16. The first kappa shape index (κ1) is 15.9. The Kier molecular flexibility index (Phi) is 3.57. The Labute approximate surface area is 153 Å². The quantitative estimate of drug-likeness (QED) is 0.891. The molecule has 3 heterocycles. The highest BCUT2D eigenvalue weighted by molar-refractivity contribution is 6.10. The van der Waals surface area contributed by atoms with Crippen molar-refractivity contribution in [1.82, 2.24) is 14.9 Å². The number of aliphatic imine (C=N–C) groups is 1. The van der Waals surface area contributed by atoms with Crippen LogP contribution in [-0.4, -0.2) is 36.1 Å². The average molecular weight is 351 g/mol. The molecule has 1 atom stereocenters. The average Bonchev–Trinajstić information content (AvgIpc) is 3.35. The Morgan fingerprint density at radius 2 is 2.19 bits per heavy atom. The van der Waals surface area contributed by atoms with Crippen molar-refractivity contribution in [2.75, 3.05) is 26.0 Å². The molecule has 1 aromatic heterocycles. The SMILES string of the molecule is CN=C1Nc2cc(-n3cnc([C@H]4CCCN4)c3)c(OC)cc2C12CCC2. The molecular weight excluding hydrogens is 326 g/mol. The van der Waals surface area contributed by atoms with E-state index in [2.05, 4.69) is 43.5 Å². The number of fused-ring (bicyclic) bond motifs is 2. The molecule has 2 aromatic rings. The largest absolute Gasteiger partial charge is 0.495 e. The van der Waals surface area contributed by atoms with Crippen molar-refractivity contribution in [3.63, 3.8) is 0 Å². The van der Waals surface area contributed by atoms with E-state index in [1.165, 1.54) is 18.4 Å². The van der Waals surface area contributed by atoms with Crippen molar-refractivity contribution < 1.29 is 4.74 Å². The van der Waals surface area contributed by atoms with Crippen LogP contribution in [0, 0.1) is 0 Å². The first-order chi connectivity index (χ1) is 12.7. The Morgan fingerprint density at radius 1 is 1.31 bits per heavy atom. The summed E-state index contributed by atoms with van der Waals surface area (Å²) < 4.78 is 7.83. The van der Waals surface area contributed by atoms with Crippen LogP contribution in [0.2, 0.25) is 0 Å². The van der Waals surface area contributed by atoms with Crippen LogP contribution in [0.5, 0.6) is 5.75 Å². The van der Waals surface area contributed by atoms with Gasteiger partial charge < -0.3 is 19.9 Å². The predicted molar refractivity (Wildman–Crippen MR) is 103 cm³/mol. The van der Waals surface area contributed by atoms with Crippen molar-refractivity contribution in [1.29, 1.82) is 0 Å². The van der Waals surface area contributed by atoms with E-state index in [1.807, 2.05) is 13.4 Å². The summed E-state index contributed by atoms with van der Waals surface area (Å²) in [5.41, 5.74) is 4.66. The summed E-state index contributed by atoms with van der Waals surface area (Å²) in [5, 5.41) is 7.06. The van der Waals surface area contributed by atoms with Gasteiger partial charge in [-0.1, -0.05) is 6.42 Å². The number of methoxy groups -OCH3 is 1. The lowest BCUT2D eigenvalue weighted by atomic mass is 9.65. The summed E-state index contributed by atoms with van der Waals surface area (Å²) in [5.74, 6) is 1.98. The molecular formula is C20H25N5O. The van der Waals surface area contributed by atoms with E-state index < -0.39 is 0 Å². The maximum absolute atomic E-state index is 5.76.